The summed E-state index contributed by atoms with van der Waals surface area (Å²) >= 11 is 5.98. The highest BCUT2D eigenvalue weighted by molar-refractivity contribution is 6.33. The van der Waals surface area contributed by atoms with Crippen molar-refractivity contribution in [2.75, 3.05) is 11.9 Å². The fraction of sp³-hybridized carbons (Fsp3) is 0.500. The molecule has 1 fully saturated rings. The van der Waals surface area contributed by atoms with Gasteiger partial charge in [-0.05, 0) is 24.8 Å². The Hall–Kier alpha value is -0.800. The Morgan fingerprint density at radius 3 is 3.00 bits per heavy atom. The Kier molecular flexibility index (Phi) is 2.89. The predicted molar refractivity (Wildman–Crippen MR) is 58.4 cm³/mol. The van der Waals surface area contributed by atoms with E-state index in [1.54, 1.807) is 12.4 Å². The molecule has 0 radical (unpaired) electrons. The predicted octanol–water partition coefficient (Wildman–Crippen LogP) is 1.88. The first-order chi connectivity index (χ1) is 6.81. The van der Waals surface area contributed by atoms with Gasteiger partial charge in [-0.2, -0.15) is 0 Å². The zero-order valence-corrected chi connectivity index (χ0v) is 8.67. The molecule has 2 rings (SSSR count). The van der Waals surface area contributed by atoms with E-state index >= 15 is 0 Å². The van der Waals surface area contributed by atoms with Gasteiger partial charge in [0.2, 0.25) is 0 Å². The summed E-state index contributed by atoms with van der Waals surface area (Å²) in [6.45, 7) is 0.656. The van der Waals surface area contributed by atoms with Gasteiger partial charge in [0.05, 0.1) is 10.7 Å². The number of nitrogens with zero attached hydrogens (tertiary/aromatic N) is 1. The first kappa shape index (κ1) is 9.74. The number of hydrogen-bond donors (Lipinski definition) is 2. The summed E-state index contributed by atoms with van der Waals surface area (Å²) in [6, 6.07) is 2.24. The molecule has 1 heterocycles. The van der Waals surface area contributed by atoms with Crippen LogP contribution in [0.15, 0.2) is 18.5 Å². The van der Waals surface area contributed by atoms with Crippen molar-refractivity contribution < 1.29 is 0 Å². The maximum absolute atomic E-state index is 5.98. The number of halogens is 1. The molecular weight excluding hydrogens is 198 g/mol. The van der Waals surface area contributed by atoms with Crippen LogP contribution in [0.4, 0.5) is 5.69 Å². The molecule has 14 heavy (non-hydrogen) atoms. The molecule has 1 atom stereocenters. The van der Waals surface area contributed by atoms with Crippen LogP contribution in [0.5, 0.6) is 0 Å². The zero-order valence-electron chi connectivity index (χ0n) is 7.91. The van der Waals surface area contributed by atoms with Crippen molar-refractivity contribution in [2.24, 2.45) is 11.7 Å². The van der Waals surface area contributed by atoms with Crippen LogP contribution in [-0.4, -0.2) is 17.6 Å². The third-order valence-electron chi connectivity index (χ3n) is 2.56. The van der Waals surface area contributed by atoms with E-state index < -0.39 is 0 Å². The molecule has 0 saturated heterocycles. The maximum atomic E-state index is 5.98. The first-order valence-electron chi connectivity index (χ1n) is 4.87. The largest absolute Gasteiger partial charge is 0.379 e. The van der Waals surface area contributed by atoms with Gasteiger partial charge in [0.1, 0.15) is 0 Å². The Morgan fingerprint density at radius 2 is 2.43 bits per heavy atom. The van der Waals surface area contributed by atoms with E-state index in [4.69, 9.17) is 17.3 Å². The Bertz CT molecular complexity index is 312. The van der Waals surface area contributed by atoms with Crippen molar-refractivity contribution in [1.29, 1.82) is 0 Å². The molecule has 3 N–H and O–H groups in total. The fourth-order valence-electron chi connectivity index (χ4n) is 1.56. The summed E-state index contributed by atoms with van der Waals surface area (Å²) < 4.78 is 0. The van der Waals surface area contributed by atoms with Crippen LogP contribution in [0.25, 0.3) is 0 Å². The molecule has 1 aliphatic rings. The molecule has 0 spiro atoms. The third-order valence-corrected chi connectivity index (χ3v) is 2.86. The van der Waals surface area contributed by atoms with E-state index in [1.165, 1.54) is 12.8 Å². The second kappa shape index (κ2) is 4.15. The number of pyridine rings is 1. The molecule has 1 aromatic rings. The van der Waals surface area contributed by atoms with Crippen LogP contribution in [0.3, 0.4) is 0 Å². The average molecular weight is 212 g/mol. The van der Waals surface area contributed by atoms with E-state index in [0.717, 1.165) is 11.6 Å². The van der Waals surface area contributed by atoms with Crippen molar-refractivity contribution in [3.05, 3.63) is 23.5 Å². The lowest BCUT2D eigenvalue weighted by Gasteiger charge is -2.17. The third kappa shape index (κ3) is 2.16. The van der Waals surface area contributed by atoms with Crippen molar-refractivity contribution in [3.63, 3.8) is 0 Å². The van der Waals surface area contributed by atoms with E-state index in [-0.39, 0.29) is 0 Å². The normalized spacial score (nSPS) is 17.9. The summed E-state index contributed by atoms with van der Waals surface area (Å²) in [7, 11) is 0. The van der Waals surface area contributed by atoms with Crippen LogP contribution >= 0.6 is 11.6 Å². The minimum atomic E-state index is 0.356. The van der Waals surface area contributed by atoms with E-state index in [0.29, 0.717) is 17.6 Å². The number of aromatic nitrogens is 1. The standard InChI is InChI=1S/C10H14ClN3/c11-8-6-13-4-3-9(8)14-10(5-12)7-1-2-7/h3-4,6-7,10H,1-2,5,12H2,(H,13,14). The highest BCUT2D eigenvalue weighted by Crippen LogP contribution is 2.34. The summed E-state index contributed by atoms with van der Waals surface area (Å²) in [5, 5.41) is 4.02. The van der Waals surface area contributed by atoms with Crippen LogP contribution in [0, 0.1) is 5.92 Å². The lowest BCUT2D eigenvalue weighted by molar-refractivity contribution is 0.645. The molecule has 1 unspecified atom stereocenters. The SMILES string of the molecule is NCC(Nc1ccncc1Cl)C1CC1. The van der Waals surface area contributed by atoms with Gasteiger partial charge >= 0.3 is 0 Å². The van der Waals surface area contributed by atoms with Gasteiger partial charge in [0, 0.05) is 25.0 Å². The molecule has 0 aromatic carbocycles. The molecule has 1 aromatic heterocycles. The smallest absolute Gasteiger partial charge is 0.0820 e. The van der Waals surface area contributed by atoms with Crippen molar-refractivity contribution >= 4 is 17.3 Å². The van der Waals surface area contributed by atoms with Crippen molar-refractivity contribution in [2.45, 2.75) is 18.9 Å². The summed E-state index contributed by atoms with van der Waals surface area (Å²) in [4.78, 5) is 3.94. The van der Waals surface area contributed by atoms with Gasteiger partial charge in [0.15, 0.2) is 0 Å². The Morgan fingerprint density at radius 1 is 1.64 bits per heavy atom. The second-order valence-corrected chi connectivity index (χ2v) is 4.09. The lowest BCUT2D eigenvalue weighted by atomic mass is 10.2. The second-order valence-electron chi connectivity index (χ2n) is 3.68. The summed E-state index contributed by atoms with van der Waals surface area (Å²) in [5.74, 6) is 0.726. The van der Waals surface area contributed by atoms with Crippen molar-refractivity contribution in [1.82, 2.24) is 4.98 Å². The number of hydrogen-bond acceptors (Lipinski definition) is 3. The molecule has 0 amide bonds. The highest BCUT2D eigenvalue weighted by Gasteiger charge is 2.30. The van der Waals surface area contributed by atoms with E-state index in [1.807, 2.05) is 6.07 Å². The topological polar surface area (TPSA) is 50.9 Å². The van der Waals surface area contributed by atoms with Crippen LogP contribution in [-0.2, 0) is 0 Å². The fourth-order valence-corrected chi connectivity index (χ4v) is 1.73. The highest BCUT2D eigenvalue weighted by atomic mass is 35.5. The van der Waals surface area contributed by atoms with Crippen LogP contribution in [0.2, 0.25) is 5.02 Å². The number of nitrogens with two attached hydrogens (primary N) is 1. The molecule has 0 aliphatic heterocycles. The van der Waals surface area contributed by atoms with Gasteiger partial charge in [0.25, 0.3) is 0 Å². The Balaban J connectivity index is 2.04. The summed E-state index contributed by atoms with van der Waals surface area (Å²) in [5.41, 5.74) is 6.62. The number of anilines is 1. The summed E-state index contributed by atoms with van der Waals surface area (Å²) in [6.07, 6.45) is 5.92. The monoisotopic (exact) mass is 211 g/mol. The van der Waals surface area contributed by atoms with Gasteiger partial charge in [-0.1, -0.05) is 11.6 Å². The molecule has 3 nitrogen and oxygen atoms in total. The van der Waals surface area contributed by atoms with Crippen molar-refractivity contribution in [3.8, 4) is 0 Å². The zero-order chi connectivity index (χ0) is 9.97. The Labute approximate surface area is 88.7 Å². The maximum Gasteiger partial charge on any atom is 0.0820 e. The number of nitrogens with one attached hydrogen (secondary N) is 1. The van der Waals surface area contributed by atoms with E-state index in [2.05, 4.69) is 10.3 Å². The minimum Gasteiger partial charge on any atom is -0.379 e. The molecule has 1 aliphatic carbocycles. The molecular formula is C10H14ClN3. The molecule has 1 saturated carbocycles. The van der Waals surface area contributed by atoms with Crippen LogP contribution < -0.4 is 11.1 Å². The molecule has 0 bridgehead atoms. The quantitative estimate of drug-likeness (QED) is 0.800. The first-order valence-corrected chi connectivity index (χ1v) is 5.25. The van der Waals surface area contributed by atoms with Gasteiger partial charge < -0.3 is 11.1 Å². The number of rotatable bonds is 4. The molecule has 4 heteroatoms. The van der Waals surface area contributed by atoms with Gasteiger partial charge in [-0.3, -0.25) is 4.98 Å². The lowest BCUT2D eigenvalue weighted by Crippen LogP contribution is -2.30. The minimum absolute atomic E-state index is 0.356. The molecule has 76 valence electrons. The van der Waals surface area contributed by atoms with E-state index in [9.17, 15) is 0 Å². The van der Waals surface area contributed by atoms with Crippen LogP contribution in [0.1, 0.15) is 12.8 Å². The average Bonchev–Trinajstić information content (AvgIpc) is 3.00. The van der Waals surface area contributed by atoms with Gasteiger partial charge in [-0.15, -0.1) is 0 Å². The van der Waals surface area contributed by atoms with Gasteiger partial charge in [-0.25, -0.2) is 0 Å².